The van der Waals surface area contributed by atoms with Gasteiger partial charge in [-0.15, -0.1) is 10.2 Å². The molecule has 1 N–H and O–H groups in total. The molecule has 7 nitrogen and oxygen atoms in total. The quantitative estimate of drug-likeness (QED) is 0.630. The third kappa shape index (κ3) is 3.91. The van der Waals surface area contributed by atoms with Crippen LogP contribution in [0.25, 0.3) is 22.1 Å². The van der Waals surface area contributed by atoms with Crippen molar-refractivity contribution in [3.63, 3.8) is 0 Å². The van der Waals surface area contributed by atoms with E-state index in [2.05, 4.69) is 38.1 Å². The first-order valence-electron chi connectivity index (χ1n) is 9.39. The average Bonchev–Trinajstić information content (AvgIpc) is 3.32. The number of benzene rings is 1. The fourth-order valence-corrected chi connectivity index (χ4v) is 4.03. The molecule has 1 aliphatic heterocycles. The van der Waals surface area contributed by atoms with E-state index in [9.17, 15) is 4.79 Å². The van der Waals surface area contributed by atoms with Crippen molar-refractivity contribution in [1.82, 2.24) is 25.1 Å². The van der Waals surface area contributed by atoms with Gasteiger partial charge >= 0.3 is 0 Å². The standard InChI is InChI=1S/C19H23N5O2S/c1-2-9-24-15-8-4-3-7-14(15)17-18(24)21-19(23-22-17)27-12-16(25)20-11-13-6-5-10-26-13/h3-4,7-8,13H,2,5-6,9-12H2,1H3,(H,20,25). The molecule has 2 aromatic heterocycles. The Balaban J connectivity index is 1.48. The Kier molecular flexibility index (Phi) is 5.54. The van der Waals surface area contributed by atoms with Gasteiger partial charge in [-0.05, 0) is 25.3 Å². The minimum Gasteiger partial charge on any atom is -0.376 e. The number of hydrogen-bond donors (Lipinski definition) is 1. The van der Waals surface area contributed by atoms with E-state index in [1.165, 1.54) is 11.8 Å². The lowest BCUT2D eigenvalue weighted by Gasteiger charge is -2.10. The predicted molar refractivity (Wildman–Crippen MR) is 106 cm³/mol. The van der Waals surface area contributed by atoms with E-state index in [0.717, 1.165) is 54.5 Å². The van der Waals surface area contributed by atoms with Crippen molar-refractivity contribution in [3.05, 3.63) is 24.3 Å². The summed E-state index contributed by atoms with van der Waals surface area (Å²) in [5, 5.41) is 13.1. The molecule has 1 aromatic carbocycles. The Morgan fingerprint density at radius 2 is 2.26 bits per heavy atom. The topological polar surface area (TPSA) is 81.9 Å². The van der Waals surface area contributed by atoms with Gasteiger partial charge in [-0.25, -0.2) is 4.98 Å². The number of amides is 1. The van der Waals surface area contributed by atoms with Crippen molar-refractivity contribution in [3.8, 4) is 0 Å². The molecule has 1 fully saturated rings. The van der Waals surface area contributed by atoms with E-state index in [1.807, 2.05) is 18.2 Å². The normalized spacial score (nSPS) is 17.0. The molecule has 27 heavy (non-hydrogen) atoms. The molecule has 3 aromatic rings. The van der Waals surface area contributed by atoms with Crippen LogP contribution in [-0.4, -0.2) is 50.7 Å². The maximum Gasteiger partial charge on any atom is 0.230 e. The summed E-state index contributed by atoms with van der Waals surface area (Å²) in [7, 11) is 0. The number of aromatic nitrogens is 4. The number of hydrogen-bond acceptors (Lipinski definition) is 6. The highest BCUT2D eigenvalue weighted by atomic mass is 32.2. The van der Waals surface area contributed by atoms with E-state index < -0.39 is 0 Å². The lowest BCUT2D eigenvalue weighted by atomic mass is 10.2. The highest BCUT2D eigenvalue weighted by molar-refractivity contribution is 7.99. The van der Waals surface area contributed by atoms with E-state index in [1.54, 1.807) is 0 Å². The fraction of sp³-hybridized carbons (Fsp3) is 0.474. The number of ether oxygens (including phenoxy) is 1. The summed E-state index contributed by atoms with van der Waals surface area (Å²) in [6.45, 7) is 4.38. The second-order valence-corrected chi connectivity index (χ2v) is 7.61. The van der Waals surface area contributed by atoms with Crippen LogP contribution in [0.1, 0.15) is 26.2 Å². The van der Waals surface area contributed by atoms with Crippen LogP contribution in [-0.2, 0) is 16.1 Å². The molecule has 0 aliphatic carbocycles. The van der Waals surface area contributed by atoms with Gasteiger partial charge in [0.25, 0.3) is 0 Å². The number of nitrogens with zero attached hydrogens (tertiary/aromatic N) is 4. The van der Waals surface area contributed by atoms with Crippen LogP contribution in [0.3, 0.4) is 0 Å². The van der Waals surface area contributed by atoms with Crippen molar-refractivity contribution in [2.75, 3.05) is 18.9 Å². The molecule has 1 atom stereocenters. The third-order valence-electron chi connectivity index (χ3n) is 4.68. The molecule has 0 spiro atoms. The summed E-state index contributed by atoms with van der Waals surface area (Å²) in [6, 6.07) is 8.15. The molecule has 3 heterocycles. The molecule has 8 heteroatoms. The number of carbonyl (C=O) groups excluding carboxylic acids is 1. The lowest BCUT2D eigenvalue weighted by Crippen LogP contribution is -2.32. The number of fused-ring (bicyclic) bond motifs is 3. The molecule has 0 bridgehead atoms. The Hall–Kier alpha value is -2.19. The van der Waals surface area contributed by atoms with Crippen molar-refractivity contribution < 1.29 is 9.53 Å². The summed E-state index contributed by atoms with van der Waals surface area (Å²) in [5.74, 6) is 0.238. The molecule has 0 radical (unpaired) electrons. The van der Waals surface area contributed by atoms with E-state index in [0.29, 0.717) is 11.7 Å². The Morgan fingerprint density at radius 3 is 3.07 bits per heavy atom. The van der Waals surface area contributed by atoms with Crippen LogP contribution in [0, 0.1) is 0 Å². The molecule has 142 valence electrons. The Bertz CT molecular complexity index is 952. The second kappa shape index (κ2) is 8.22. The van der Waals surface area contributed by atoms with Crippen LogP contribution < -0.4 is 5.32 Å². The second-order valence-electron chi connectivity index (χ2n) is 6.66. The van der Waals surface area contributed by atoms with Gasteiger partial charge in [0.05, 0.1) is 17.4 Å². The largest absolute Gasteiger partial charge is 0.376 e. The van der Waals surface area contributed by atoms with Crippen LogP contribution in [0.2, 0.25) is 0 Å². The van der Waals surface area contributed by atoms with Crippen LogP contribution in [0.15, 0.2) is 29.4 Å². The molecule has 1 unspecified atom stereocenters. The summed E-state index contributed by atoms with van der Waals surface area (Å²) in [6.07, 6.45) is 3.24. The maximum absolute atomic E-state index is 12.1. The smallest absolute Gasteiger partial charge is 0.230 e. The van der Waals surface area contributed by atoms with Crippen LogP contribution in [0.5, 0.6) is 0 Å². The zero-order valence-corrected chi connectivity index (χ0v) is 16.2. The number of aryl methyl sites for hydroxylation is 1. The predicted octanol–water partition coefficient (Wildman–Crippen LogP) is 2.78. The monoisotopic (exact) mass is 385 g/mol. The minimum absolute atomic E-state index is 0.0340. The van der Waals surface area contributed by atoms with Crippen molar-refractivity contribution in [2.24, 2.45) is 0 Å². The highest BCUT2D eigenvalue weighted by Gasteiger charge is 2.17. The first-order valence-corrected chi connectivity index (χ1v) is 10.4. The highest BCUT2D eigenvalue weighted by Crippen LogP contribution is 2.27. The van der Waals surface area contributed by atoms with E-state index in [-0.39, 0.29) is 17.8 Å². The minimum atomic E-state index is -0.0340. The zero-order valence-electron chi connectivity index (χ0n) is 15.4. The van der Waals surface area contributed by atoms with Crippen molar-refractivity contribution in [1.29, 1.82) is 0 Å². The maximum atomic E-state index is 12.1. The van der Waals surface area contributed by atoms with Gasteiger partial charge in [0.15, 0.2) is 5.65 Å². The third-order valence-corrected chi connectivity index (χ3v) is 5.52. The molecular weight excluding hydrogens is 362 g/mol. The summed E-state index contributed by atoms with van der Waals surface area (Å²) >= 11 is 1.31. The molecule has 1 saturated heterocycles. The fourth-order valence-electron chi connectivity index (χ4n) is 3.41. The molecule has 1 aliphatic rings. The summed E-state index contributed by atoms with van der Waals surface area (Å²) in [5.41, 5.74) is 2.76. The molecule has 1 amide bonds. The number of carbonyl (C=O) groups is 1. The first kappa shape index (κ1) is 18.2. The zero-order chi connectivity index (χ0) is 18.6. The number of nitrogens with one attached hydrogen (secondary N) is 1. The van der Waals surface area contributed by atoms with E-state index >= 15 is 0 Å². The van der Waals surface area contributed by atoms with Gasteiger partial charge in [0.1, 0.15) is 5.52 Å². The van der Waals surface area contributed by atoms with Gasteiger partial charge in [-0.3, -0.25) is 4.79 Å². The summed E-state index contributed by atoms with van der Waals surface area (Å²) in [4.78, 5) is 16.8. The van der Waals surface area contributed by atoms with Gasteiger partial charge < -0.3 is 14.6 Å². The number of rotatable bonds is 7. The van der Waals surface area contributed by atoms with Gasteiger partial charge in [0.2, 0.25) is 11.1 Å². The van der Waals surface area contributed by atoms with Gasteiger partial charge in [0, 0.05) is 25.1 Å². The van der Waals surface area contributed by atoms with Crippen LogP contribution in [0.4, 0.5) is 0 Å². The molecule has 0 saturated carbocycles. The lowest BCUT2D eigenvalue weighted by molar-refractivity contribution is -0.119. The van der Waals surface area contributed by atoms with Crippen LogP contribution >= 0.6 is 11.8 Å². The Labute approximate surface area is 161 Å². The average molecular weight is 385 g/mol. The van der Waals surface area contributed by atoms with Crippen molar-refractivity contribution >= 4 is 39.7 Å². The van der Waals surface area contributed by atoms with E-state index in [4.69, 9.17) is 4.74 Å². The summed E-state index contributed by atoms with van der Waals surface area (Å²) < 4.78 is 7.70. The molecular formula is C19H23N5O2S. The van der Waals surface area contributed by atoms with Gasteiger partial charge in [-0.2, -0.15) is 0 Å². The van der Waals surface area contributed by atoms with Crippen molar-refractivity contribution in [2.45, 2.75) is 44.0 Å². The molecule has 4 rings (SSSR count). The first-order chi connectivity index (χ1) is 13.3. The SMILES string of the molecule is CCCn1c2ccccc2c2nnc(SCC(=O)NCC3CCCO3)nc21. The number of para-hydroxylation sites is 1. The van der Waals surface area contributed by atoms with Gasteiger partial charge in [-0.1, -0.05) is 36.9 Å². The Morgan fingerprint density at radius 1 is 1.37 bits per heavy atom. The number of thioether (sulfide) groups is 1.